The number of nitrogens with zero attached hydrogens (tertiary/aromatic N) is 3. The number of pyridine rings is 1. The Bertz CT molecular complexity index is 978. The summed E-state index contributed by atoms with van der Waals surface area (Å²) in [5.74, 6) is 0.182. The maximum absolute atomic E-state index is 13.4. The van der Waals surface area contributed by atoms with Crippen molar-refractivity contribution in [2.24, 2.45) is 5.92 Å². The zero-order chi connectivity index (χ0) is 20.7. The van der Waals surface area contributed by atoms with Crippen LogP contribution in [0, 0.1) is 19.8 Å². The van der Waals surface area contributed by atoms with E-state index in [0.29, 0.717) is 35.6 Å². The summed E-state index contributed by atoms with van der Waals surface area (Å²) in [4.78, 5) is 34.0. The van der Waals surface area contributed by atoms with Gasteiger partial charge in [-0.05, 0) is 42.7 Å². The molecule has 2 fully saturated rings. The fraction of sp³-hybridized carbons (Fsp3) is 0.381. The molecule has 0 aliphatic carbocycles. The lowest BCUT2D eigenvalue weighted by atomic mass is 9.92. The lowest BCUT2D eigenvalue weighted by molar-refractivity contribution is -0.155. The van der Waals surface area contributed by atoms with Crippen LogP contribution in [0.1, 0.15) is 16.7 Å². The highest BCUT2D eigenvalue weighted by atomic mass is 35.5. The molecular formula is C21H21Cl2N3O3. The summed E-state index contributed by atoms with van der Waals surface area (Å²) >= 11 is 12.1. The Balaban J connectivity index is 1.66. The monoisotopic (exact) mass is 433 g/mol. The minimum absolute atomic E-state index is 0.0322. The first-order chi connectivity index (χ1) is 13.8. The third kappa shape index (κ3) is 3.84. The zero-order valence-corrected chi connectivity index (χ0v) is 17.7. The minimum Gasteiger partial charge on any atom is -0.380 e. The Morgan fingerprint density at radius 1 is 1.14 bits per heavy atom. The number of benzene rings is 1. The van der Waals surface area contributed by atoms with E-state index in [1.165, 1.54) is 11.1 Å². The van der Waals surface area contributed by atoms with Crippen molar-refractivity contribution in [3.05, 3.63) is 57.2 Å². The minimum atomic E-state index is -0.585. The van der Waals surface area contributed by atoms with Gasteiger partial charge in [-0.3, -0.25) is 14.5 Å². The normalized spacial score (nSPS) is 20.2. The number of aromatic nitrogens is 1. The first-order valence-electron chi connectivity index (χ1n) is 9.41. The molecule has 2 amide bonds. The molecule has 0 radical (unpaired) electrons. The predicted molar refractivity (Wildman–Crippen MR) is 111 cm³/mol. The van der Waals surface area contributed by atoms with E-state index in [2.05, 4.69) is 4.98 Å². The van der Waals surface area contributed by atoms with Gasteiger partial charge in [-0.1, -0.05) is 35.3 Å². The molecule has 1 aromatic heterocycles. The summed E-state index contributed by atoms with van der Waals surface area (Å²) in [6.07, 6.45) is 1.49. The van der Waals surface area contributed by atoms with Crippen LogP contribution in [0.15, 0.2) is 30.5 Å². The van der Waals surface area contributed by atoms with E-state index in [1.54, 1.807) is 11.0 Å². The number of hydrogen-bond donors (Lipinski definition) is 0. The van der Waals surface area contributed by atoms with E-state index in [1.807, 2.05) is 32.0 Å². The molecule has 0 unspecified atom stereocenters. The molecule has 29 heavy (non-hydrogen) atoms. The van der Waals surface area contributed by atoms with Gasteiger partial charge in [0, 0.05) is 23.7 Å². The molecule has 6 nitrogen and oxygen atoms in total. The molecule has 0 N–H and O–H groups in total. The van der Waals surface area contributed by atoms with Crippen molar-refractivity contribution in [3.8, 4) is 0 Å². The highest BCUT2D eigenvalue weighted by Gasteiger charge is 2.47. The third-order valence-electron chi connectivity index (χ3n) is 5.43. The third-order valence-corrected chi connectivity index (χ3v) is 6.06. The molecule has 1 atom stereocenters. The number of carbonyl (C=O) groups excluding carboxylic acids is 2. The molecular weight excluding hydrogens is 413 g/mol. The molecule has 1 aromatic carbocycles. The van der Waals surface area contributed by atoms with E-state index in [-0.39, 0.29) is 24.3 Å². The molecule has 2 aromatic rings. The highest BCUT2D eigenvalue weighted by molar-refractivity contribution is 6.31. The van der Waals surface area contributed by atoms with Crippen LogP contribution in [-0.4, -0.2) is 47.5 Å². The second-order valence-corrected chi connectivity index (χ2v) is 8.41. The lowest BCUT2D eigenvalue weighted by Crippen LogP contribution is -2.65. The van der Waals surface area contributed by atoms with Gasteiger partial charge < -0.3 is 9.64 Å². The Morgan fingerprint density at radius 3 is 2.52 bits per heavy atom. The van der Waals surface area contributed by atoms with Crippen molar-refractivity contribution >= 4 is 40.8 Å². The lowest BCUT2D eigenvalue weighted by Gasteiger charge is -2.45. The highest BCUT2D eigenvalue weighted by Crippen LogP contribution is 2.31. The number of halogens is 2. The van der Waals surface area contributed by atoms with Crippen LogP contribution in [0.4, 0.5) is 5.82 Å². The predicted octanol–water partition coefficient (Wildman–Crippen LogP) is 3.40. The molecule has 0 saturated carbocycles. The molecule has 0 spiro atoms. The average molecular weight is 434 g/mol. The van der Waals surface area contributed by atoms with Crippen molar-refractivity contribution < 1.29 is 14.3 Å². The smallest absolute Gasteiger partial charge is 0.251 e. The maximum atomic E-state index is 13.4. The van der Waals surface area contributed by atoms with E-state index >= 15 is 0 Å². The Labute approximate surface area is 179 Å². The zero-order valence-electron chi connectivity index (χ0n) is 16.2. The fourth-order valence-corrected chi connectivity index (χ4v) is 4.16. The van der Waals surface area contributed by atoms with Gasteiger partial charge in [0.25, 0.3) is 5.91 Å². The summed E-state index contributed by atoms with van der Waals surface area (Å²) in [5, 5.41) is 1.17. The average Bonchev–Trinajstić information content (AvgIpc) is 2.62. The van der Waals surface area contributed by atoms with Crippen molar-refractivity contribution in [3.63, 3.8) is 0 Å². The number of anilines is 1. The number of hydrogen-bond acceptors (Lipinski definition) is 4. The molecule has 3 heterocycles. The van der Waals surface area contributed by atoms with Crippen LogP contribution in [0.2, 0.25) is 10.0 Å². The van der Waals surface area contributed by atoms with Crippen molar-refractivity contribution in [2.75, 3.05) is 24.7 Å². The number of ether oxygens (including phenoxy) is 1. The van der Waals surface area contributed by atoms with Crippen LogP contribution >= 0.6 is 23.2 Å². The number of carbonyl (C=O) groups is 2. The SMILES string of the molecule is Cc1cc(CN2C(=O)CN(c3ncc(Cl)cc3C)C(=O)[C@@H]2C2COC2)ccc1Cl. The molecule has 152 valence electrons. The molecule has 4 rings (SSSR count). The first-order valence-corrected chi connectivity index (χ1v) is 10.2. The van der Waals surface area contributed by atoms with Crippen molar-refractivity contribution in [2.45, 2.75) is 26.4 Å². The Hall–Kier alpha value is -2.15. The van der Waals surface area contributed by atoms with E-state index in [9.17, 15) is 9.59 Å². The van der Waals surface area contributed by atoms with Crippen LogP contribution in [0.5, 0.6) is 0 Å². The molecule has 8 heteroatoms. The van der Waals surface area contributed by atoms with Gasteiger partial charge in [0.05, 0.1) is 18.2 Å². The summed E-state index contributed by atoms with van der Waals surface area (Å²) in [6, 6.07) is 6.81. The molecule has 0 bridgehead atoms. The summed E-state index contributed by atoms with van der Waals surface area (Å²) in [5.41, 5.74) is 2.63. The van der Waals surface area contributed by atoms with Crippen LogP contribution in [0.3, 0.4) is 0 Å². The number of rotatable bonds is 4. The fourth-order valence-electron chi connectivity index (χ4n) is 3.83. The second-order valence-electron chi connectivity index (χ2n) is 7.57. The Morgan fingerprint density at radius 2 is 1.90 bits per heavy atom. The molecule has 2 aliphatic rings. The summed E-state index contributed by atoms with van der Waals surface area (Å²) in [6.45, 7) is 4.97. The van der Waals surface area contributed by atoms with E-state index in [4.69, 9.17) is 27.9 Å². The number of aryl methyl sites for hydroxylation is 2. The number of piperazine rings is 1. The van der Waals surface area contributed by atoms with Gasteiger partial charge in [-0.25, -0.2) is 4.98 Å². The number of amides is 2. The van der Waals surface area contributed by atoms with Crippen LogP contribution in [0.25, 0.3) is 0 Å². The maximum Gasteiger partial charge on any atom is 0.251 e. The van der Waals surface area contributed by atoms with Gasteiger partial charge in [-0.2, -0.15) is 0 Å². The Kier molecular flexibility index (Phi) is 5.51. The largest absolute Gasteiger partial charge is 0.380 e. The second kappa shape index (κ2) is 7.94. The quantitative estimate of drug-likeness (QED) is 0.740. The van der Waals surface area contributed by atoms with Gasteiger partial charge in [0.2, 0.25) is 5.91 Å². The van der Waals surface area contributed by atoms with Crippen LogP contribution < -0.4 is 4.90 Å². The summed E-state index contributed by atoms with van der Waals surface area (Å²) in [7, 11) is 0. The van der Waals surface area contributed by atoms with Gasteiger partial charge >= 0.3 is 0 Å². The van der Waals surface area contributed by atoms with Gasteiger partial charge in [-0.15, -0.1) is 0 Å². The summed E-state index contributed by atoms with van der Waals surface area (Å²) < 4.78 is 5.33. The van der Waals surface area contributed by atoms with Crippen molar-refractivity contribution in [1.82, 2.24) is 9.88 Å². The molecule has 2 aliphatic heterocycles. The molecule has 2 saturated heterocycles. The van der Waals surface area contributed by atoms with Crippen molar-refractivity contribution in [1.29, 1.82) is 0 Å². The van der Waals surface area contributed by atoms with Gasteiger partial charge in [0.1, 0.15) is 18.4 Å². The van der Waals surface area contributed by atoms with E-state index in [0.717, 1.165) is 16.7 Å². The van der Waals surface area contributed by atoms with E-state index < -0.39 is 6.04 Å². The first kappa shape index (κ1) is 20.1. The van der Waals surface area contributed by atoms with Crippen LogP contribution in [-0.2, 0) is 20.9 Å². The van der Waals surface area contributed by atoms with Gasteiger partial charge in [0.15, 0.2) is 0 Å². The standard InChI is InChI=1S/C21H21Cl2N3O3/c1-12-5-14(3-4-17(12)23)8-25-18(27)9-26(20-13(2)6-16(22)7-24-20)21(28)19(25)15-10-29-11-15/h3-7,15,19H,8-11H2,1-2H3/t19-/m0/s1. The topological polar surface area (TPSA) is 62.7 Å².